The number of amides is 1. The van der Waals surface area contributed by atoms with Crippen LogP contribution >= 0.6 is 0 Å². The molecule has 2 rings (SSSR count). The van der Waals surface area contributed by atoms with Crippen LogP contribution in [0.5, 0.6) is 5.75 Å². The van der Waals surface area contributed by atoms with E-state index in [1.807, 2.05) is 6.92 Å². The zero-order valence-electron chi connectivity index (χ0n) is 16.0. The van der Waals surface area contributed by atoms with E-state index in [1.54, 1.807) is 0 Å². The maximum absolute atomic E-state index is 12.4. The number of primary sulfonamides is 1. The highest BCUT2D eigenvalue weighted by atomic mass is 32.2. The van der Waals surface area contributed by atoms with Crippen LogP contribution in [0.1, 0.15) is 19.4 Å². The van der Waals surface area contributed by atoms with Gasteiger partial charge in [0.15, 0.2) is 0 Å². The van der Waals surface area contributed by atoms with Crippen LogP contribution in [0.15, 0.2) is 58.3 Å². The molecule has 0 aliphatic rings. The molecule has 0 aromatic heterocycles. The number of benzene rings is 2. The van der Waals surface area contributed by atoms with E-state index < -0.39 is 32.0 Å². The highest BCUT2D eigenvalue weighted by Gasteiger charge is 2.22. The minimum absolute atomic E-state index is 0.0131. The monoisotopic (exact) mass is 441 g/mol. The lowest BCUT2D eigenvalue weighted by Crippen LogP contribution is -2.44. The van der Waals surface area contributed by atoms with E-state index in [1.165, 1.54) is 55.5 Å². The first kappa shape index (κ1) is 22.8. The highest BCUT2D eigenvalue weighted by molar-refractivity contribution is 7.89. The summed E-state index contributed by atoms with van der Waals surface area (Å²) in [6.07, 6.45) is 0. The normalized spacial score (nSPS) is 12.9. The Bertz CT molecular complexity index is 1050. The van der Waals surface area contributed by atoms with Gasteiger partial charge in [0, 0.05) is 6.54 Å². The van der Waals surface area contributed by atoms with E-state index in [0.717, 1.165) is 0 Å². The zero-order chi connectivity index (χ0) is 21.7. The Morgan fingerprint density at radius 3 is 2.07 bits per heavy atom. The zero-order valence-corrected chi connectivity index (χ0v) is 17.6. The standard InChI is InChI=1S/C18H23N3O6S2/c1-3-27-15-6-10-17(11-7-15)29(25,26)21-13(2)18(22)20-12-14-4-8-16(9-5-14)28(19,23)24/h4-11,13,21H,3,12H2,1-2H3,(H,20,22)(H2,19,23,24). The lowest BCUT2D eigenvalue weighted by atomic mass is 10.2. The first-order valence-electron chi connectivity index (χ1n) is 8.67. The molecule has 4 N–H and O–H groups in total. The molecule has 0 bridgehead atoms. The Labute approximate surface area is 170 Å². The molecule has 0 heterocycles. The van der Waals surface area contributed by atoms with Crippen molar-refractivity contribution in [2.75, 3.05) is 6.61 Å². The Kier molecular flexibility index (Phi) is 7.36. The molecular formula is C18H23N3O6S2. The van der Waals surface area contributed by atoms with Gasteiger partial charge in [-0.05, 0) is 55.8 Å². The third-order valence-corrected chi connectivity index (χ3v) is 6.37. The molecule has 0 aliphatic heterocycles. The average Bonchev–Trinajstić information content (AvgIpc) is 2.66. The molecule has 0 aliphatic carbocycles. The molecule has 1 amide bonds. The number of nitrogens with two attached hydrogens (primary N) is 1. The van der Waals surface area contributed by atoms with Crippen molar-refractivity contribution < 1.29 is 26.4 Å². The van der Waals surface area contributed by atoms with Crippen LogP contribution in [0.3, 0.4) is 0 Å². The van der Waals surface area contributed by atoms with Gasteiger partial charge in [-0.3, -0.25) is 4.79 Å². The molecule has 2 aromatic carbocycles. The van der Waals surface area contributed by atoms with Crippen LogP contribution in [0.2, 0.25) is 0 Å². The van der Waals surface area contributed by atoms with Gasteiger partial charge in [-0.15, -0.1) is 0 Å². The van der Waals surface area contributed by atoms with Crippen LogP contribution in [-0.2, 0) is 31.4 Å². The van der Waals surface area contributed by atoms with Crippen molar-refractivity contribution in [3.05, 3.63) is 54.1 Å². The Morgan fingerprint density at radius 2 is 1.55 bits per heavy atom. The van der Waals surface area contributed by atoms with Gasteiger partial charge >= 0.3 is 0 Å². The number of sulfonamides is 2. The van der Waals surface area contributed by atoms with Gasteiger partial charge in [0.2, 0.25) is 26.0 Å². The molecule has 1 atom stereocenters. The van der Waals surface area contributed by atoms with Gasteiger partial charge in [0.25, 0.3) is 0 Å². The molecule has 0 saturated heterocycles. The van der Waals surface area contributed by atoms with Crippen molar-refractivity contribution in [2.24, 2.45) is 5.14 Å². The molecule has 2 aromatic rings. The third kappa shape index (κ3) is 6.53. The molecule has 0 saturated carbocycles. The van der Waals surface area contributed by atoms with E-state index >= 15 is 0 Å². The molecule has 0 radical (unpaired) electrons. The minimum Gasteiger partial charge on any atom is -0.494 e. The highest BCUT2D eigenvalue weighted by Crippen LogP contribution is 2.16. The fraction of sp³-hybridized carbons (Fsp3) is 0.278. The van der Waals surface area contributed by atoms with Crippen molar-refractivity contribution in [1.29, 1.82) is 0 Å². The summed E-state index contributed by atoms with van der Waals surface area (Å²) in [6.45, 7) is 3.80. The van der Waals surface area contributed by atoms with Crippen molar-refractivity contribution in [1.82, 2.24) is 10.0 Å². The molecule has 0 spiro atoms. The maximum atomic E-state index is 12.4. The summed E-state index contributed by atoms with van der Waals surface area (Å²) in [5.74, 6) is 0.0146. The number of nitrogens with one attached hydrogen (secondary N) is 2. The van der Waals surface area contributed by atoms with Gasteiger partial charge in [-0.2, -0.15) is 4.72 Å². The second kappa shape index (κ2) is 9.35. The summed E-state index contributed by atoms with van der Waals surface area (Å²) in [5.41, 5.74) is 0.632. The third-order valence-electron chi connectivity index (χ3n) is 3.89. The van der Waals surface area contributed by atoms with E-state index in [4.69, 9.17) is 9.88 Å². The van der Waals surface area contributed by atoms with Crippen LogP contribution in [-0.4, -0.2) is 35.4 Å². The second-order valence-corrected chi connectivity index (χ2v) is 9.43. The van der Waals surface area contributed by atoms with Gasteiger partial charge in [0.05, 0.1) is 22.4 Å². The topological polar surface area (TPSA) is 145 Å². The van der Waals surface area contributed by atoms with Crippen molar-refractivity contribution in [2.45, 2.75) is 36.2 Å². The van der Waals surface area contributed by atoms with Crippen LogP contribution in [0.4, 0.5) is 0 Å². The van der Waals surface area contributed by atoms with E-state index in [-0.39, 0.29) is 16.3 Å². The van der Waals surface area contributed by atoms with Gasteiger partial charge in [-0.25, -0.2) is 22.0 Å². The molecule has 0 fully saturated rings. The summed E-state index contributed by atoms with van der Waals surface area (Å²) in [7, 11) is -7.68. The molecule has 9 nitrogen and oxygen atoms in total. The Balaban J connectivity index is 1.95. The quantitative estimate of drug-likeness (QED) is 0.523. The van der Waals surface area contributed by atoms with E-state index in [0.29, 0.717) is 17.9 Å². The smallest absolute Gasteiger partial charge is 0.241 e. The summed E-state index contributed by atoms with van der Waals surface area (Å²) >= 11 is 0. The average molecular weight is 442 g/mol. The van der Waals surface area contributed by atoms with Crippen molar-refractivity contribution in [3.8, 4) is 5.75 Å². The van der Waals surface area contributed by atoms with Gasteiger partial charge in [-0.1, -0.05) is 12.1 Å². The number of carbonyl (C=O) groups is 1. The largest absolute Gasteiger partial charge is 0.494 e. The number of ether oxygens (including phenoxy) is 1. The number of hydrogen-bond acceptors (Lipinski definition) is 6. The van der Waals surface area contributed by atoms with Gasteiger partial charge in [0.1, 0.15) is 5.75 Å². The summed E-state index contributed by atoms with van der Waals surface area (Å²) in [6, 6.07) is 10.5. The first-order chi connectivity index (χ1) is 13.5. The van der Waals surface area contributed by atoms with Crippen LogP contribution < -0.4 is 19.9 Å². The fourth-order valence-electron chi connectivity index (χ4n) is 2.38. The Hall–Kier alpha value is -2.47. The van der Waals surface area contributed by atoms with E-state index in [2.05, 4.69) is 10.0 Å². The Morgan fingerprint density at radius 1 is 1.00 bits per heavy atom. The van der Waals surface area contributed by atoms with Crippen molar-refractivity contribution >= 4 is 26.0 Å². The summed E-state index contributed by atoms with van der Waals surface area (Å²) < 4.78 is 54.9. The second-order valence-electron chi connectivity index (χ2n) is 6.15. The summed E-state index contributed by atoms with van der Waals surface area (Å²) in [4.78, 5) is 12.2. The summed E-state index contributed by atoms with van der Waals surface area (Å²) in [5, 5.41) is 7.62. The maximum Gasteiger partial charge on any atom is 0.241 e. The fourth-order valence-corrected chi connectivity index (χ4v) is 4.09. The lowest BCUT2D eigenvalue weighted by molar-refractivity contribution is -0.122. The number of carbonyl (C=O) groups excluding carboxylic acids is 1. The first-order valence-corrected chi connectivity index (χ1v) is 11.7. The van der Waals surface area contributed by atoms with Crippen LogP contribution in [0, 0.1) is 0 Å². The molecule has 158 valence electrons. The molecule has 29 heavy (non-hydrogen) atoms. The predicted molar refractivity (Wildman–Crippen MR) is 107 cm³/mol. The van der Waals surface area contributed by atoms with Crippen LogP contribution in [0.25, 0.3) is 0 Å². The van der Waals surface area contributed by atoms with Crippen molar-refractivity contribution in [3.63, 3.8) is 0 Å². The number of rotatable bonds is 9. The number of hydrogen-bond donors (Lipinski definition) is 3. The lowest BCUT2D eigenvalue weighted by Gasteiger charge is -2.15. The molecule has 1 unspecified atom stereocenters. The SMILES string of the molecule is CCOc1ccc(S(=O)(=O)NC(C)C(=O)NCc2ccc(S(N)(=O)=O)cc2)cc1. The molecular weight excluding hydrogens is 418 g/mol. The predicted octanol–water partition coefficient (Wildman–Crippen LogP) is 0.716. The van der Waals surface area contributed by atoms with E-state index in [9.17, 15) is 21.6 Å². The molecule has 11 heteroatoms. The minimum atomic E-state index is -3.89. The van der Waals surface area contributed by atoms with Gasteiger partial charge < -0.3 is 10.1 Å².